The highest BCUT2D eigenvalue weighted by molar-refractivity contribution is 9.10. The van der Waals surface area contributed by atoms with Gasteiger partial charge in [-0.25, -0.2) is 9.78 Å². The Bertz CT molecular complexity index is 499. The van der Waals surface area contributed by atoms with Gasteiger partial charge in [-0.3, -0.25) is 0 Å². The number of halogens is 1. The van der Waals surface area contributed by atoms with E-state index in [-0.39, 0.29) is 5.69 Å². The minimum atomic E-state index is -0.465. The van der Waals surface area contributed by atoms with E-state index in [4.69, 9.17) is 4.74 Å². The fraction of sp³-hybridized carbons (Fsp3) is 0. The molecule has 0 spiro atoms. The van der Waals surface area contributed by atoms with E-state index in [1.165, 1.54) is 0 Å². The first-order valence-corrected chi connectivity index (χ1v) is 5.44. The van der Waals surface area contributed by atoms with Gasteiger partial charge in [0.2, 0.25) is 0 Å². The van der Waals surface area contributed by atoms with Crippen LogP contribution in [0, 0.1) is 0 Å². The lowest BCUT2D eigenvalue weighted by Gasteiger charge is -2.03. The summed E-state index contributed by atoms with van der Waals surface area (Å²) in [6, 6.07) is 12.3. The summed E-state index contributed by atoms with van der Waals surface area (Å²) in [7, 11) is 0. The molecule has 0 amide bonds. The van der Waals surface area contributed by atoms with E-state index in [1.54, 1.807) is 42.6 Å². The standard InChI is InChI=1S/C12H8BrNO2/c13-9-6-7-14-11(8-9)12(15)16-10-4-2-1-3-5-10/h1-8H. The van der Waals surface area contributed by atoms with Crippen LogP contribution >= 0.6 is 15.9 Å². The minimum absolute atomic E-state index is 0.276. The van der Waals surface area contributed by atoms with E-state index < -0.39 is 5.97 Å². The number of aromatic nitrogens is 1. The van der Waals surface area contributed by atoms with Crippen LogP contribution in [0.2, 0.25) is 0 Å². The zero-order chi connectivity index (χ0) is 11.4. The Morgan fingerprint density at radius 1 is 1.19 bits per heavy atom. The van der Waals surface area contributed by atoms with Crippen molar-refractivity contribution in [3.63, 3.8) is 0 Å². The second-order valence-electron chi connectivity index (χ2n) is 3.06. The van der Waals surface area contributed by atoms with Gasteiger partial charge in [0, 0.05) is 10.7 Å². The Labute approximate surface area is 101 Å². The molecule has 4 heteroatoms. The minimum Gasteiger partial charge on any atom is -0.422 e. The first-order chi connectivity index (χ1) is 7.75. The smallest absolute Gasteiger partial charge is 0.362 e. The monoisotopic (exact) mass is 277 g/mol. The zero-order valence-corrected chi connectivity index (χ0v) is 9.85. The molecule has 0 aliphatic heterocycles. The Morgan fingerprint density at radius 3 is 2.62 bits per heavy atom. The van der Waals surface area contributed by atoms with Crippen molar-refractivity contribution in [3.8, 4) is 5.75 Å². The molecular weight excluding hydrogens is 270 g/mol. The normalized spacial score (nSPS) is 9.81. The summed E-state index contributed by atoms with van der Waals surface area (Å²) in [5.41, 5.74) is 0.276. The van der Waals surface area contributed by atoms with Crippen molar-refractivity contribution in [3.05, 3.63) is 58.8 Å². The molecule has 0 radical (unpaired) electrons. The van der Waals surface area contributed by atoms with Gasteiger partial charge in [-0.15, -0.1) is 0 Å². The van der Waals surface area contributed by atoms with E-state index in [0.29, 0.717) is 5.75 Å². The summed E-state index contributed by atoms with van der Waals surface area (Å²) in [4.78, 5) is 15.6. The third-order valence-corrected chi connectivity index (χ3v) is 2.38. The van der Waals surface area contributed by atoms with Crippen LogP contribution in [-0.4, -0.2) is 11.0 Å². The van der Waals surface area contributed by atoms with Gasteiger partial charge in [0.05, 0.1) is 0 Å². The number of ether oxygens (including phenoxy) is 1. The van der Waals surface area contributed by atoms with Gasteiger partial charge in [0.15, 0.2) is 0 Å². The van der Waals surface area contributed by atoms with Gasteiger partial charge in [-0.05, 0) is 24.3 Å². The van der Waals surface area contributed by atoms with Crippen molar-refractivity contribution >= 4 is 21.9 Å². The van der Waals surface area contributed by atoms with Crippen LogP contribution in [0.25, 0.3) is 0 Å². The Kier molecular flexibility index (Phi) is 3.31. The number of benzene rings is 1. The molecule has 0 saturated heterocycles. The van der Waals surface area contributed by atoms with Crippen molar-refractivity contribution < 1.29 is 9.53 Å². The molecule has 0 unspecified atom stereocenters. The molecule has 3 nitrogen and oxygen atoms in total. The average Bonchev–Trinajstić information content (AvgIpc) is 2.30. The molecule has 16 heavy (non-hydrogen) atoms. The van der Waals surface area contributed by atoms with Gasteiger partial charge < -0.3 is 4.74 Å². The lowest BCUT2D eigenvalue weighted by molar-refractivity contribution is 0.0728. The topological polar surface area (TPSA) is 39.2 Å². The van der Waals surface area contributed by atoms with Gasteiger partial charge in [-0.1, -0.05) is 34.1 Å². The molecule has 0 saturated carbocycles. The molecule has 2 aromatic rings. The van der Waals surface area contributed by atoms with E-state index in [9.17, 15) is 4.79 Å². The number of esters is 1. The number of hydrogen-bond donors (Lipinski definition) is 0. The van der Waals surface area contributed by atoms with Gasteiger partial charge >= 0.3 is 5.97 Å². The second-order valence-corrected chi connectivity index (χ2v) is 3.98. The Morgan fingerprint density at radius 2 is 1.94 bits per heavy atom. The summed E-state index contributed by atoms with van der Waals surface area (Å²) in [5.74, 6) is 0.0433. The first-order valence-electron chi connectivity index (χ1n) is 4.64. The number of hydrogen-bond acceptors (Lipinski definition) is 3. The SMILES string of the molecule is O=C(Oc1ccccc1)c1cc(Br)ccn1. The lowest BCUT2D eigenvalue weighted by atomic mass is 10.3. The van der Waals surface area contributed by atoms with Crippen LogP contribution in [0.15, 0.2) is 53.1 Å². The summed E-state index contributed by atoms with van der Waals surface area (Å²) < 4.78 is 5.93. The summed E-state index contributed by atoms with van der Waals surface area (Å²) in [6.07, 6.45) is 1.55. The number of rotatable bonds is 2. The van der Waals surface area contributed by atoms with Crippen LogP contribution in [0.3, 0.4) is 0 Å². The van der Waals surface area contributed by atoms with Gasteiger partial charge in [-0.2, -0.15) is 0 Å². The third kappa shape index (κ3) is 2.67. The molecule has 0 aliphatic rings. The van der Waals surface area contributed by atoms with Gasteiger partial charge in [0.1, 0.15) is 11.4 Å². The summed E-state index contributed by atoms with van der Waals surface area (Å²) >= 11 is 3.27. The Hall–Kier alpha value is -1.68. The number of para-hydroxylation sites is 1. The lowest BCUT2D eigenvalue weighted by Crippen LogP contribution is -2.10. The largest absolute Gasteiger partial charge is 0.422 e. The van der Waals surface area contributed by atoms with Gasteiger partial charge in [0.25, 0.3) is 0 Å². The fourth-order valence-electron chi connectivity index (χ4n) is 1.16. The molecule has 80 valence electrons. The maximum absolute atomic E-state index is 11.7. The molecule has 1 aromatic heterocycles. The molecular formula is C12H8BrNO2. The van der Waals surface area contributed by atoms with E-state index in [1.807, 2.05) is 6.07 Å². The van der Waals surface area contributed by atoms with Crippen LogP contribution < -0.4 is 4.74 Å². The summed E-state index contributed by atoms with van der Waals surface area (Å²) in [5, 5.41) is 0. The molecule has 0 N–H and O–H groups in total. The predicted octanol–water partition coefficient (Wildman–Crippen LogP) is 3.06. The van der Waals surface area contributed by atoms with Crippen molar-refractivity contribution in [1.82, 2.24) is 4.98 Å². The van der Waals surface area contributed by atoms with Crippen molar-refractivity contribution in [2.24, 2.45) is 0 Å². The van der Waals surface area contributed by atoms with Crippen molar-refractivity contribution in [2.75, 3.05) is 0 Å². The van der Waals surface area contributed by atoms with E-state index >= 15 is 0 Å². The van der Waals surface area contributed by atoms with E-state index in [0.717, 1.165) is 4.47 Å². The predicted molar refractivity (Wildman–Crippen MR) is 63.3 cm³/mol. The first kappa shape index (κ1) is 10.8. The molecule has 1 aromatic carbocycles. The zero-order valence-electron chi connectivity index (χ0n) is 8.26. The average molecular weight is 278 g/mol. The second kappa shape index (κ2) is 4.90. The van der Waals surface area contributed by atoms with Crippen molar-refractivity contribution in [2.45, 2.75) is 0 Å². The fourth-order valence-corrected chi connectivity index (χ4v) is 1.50. The summed E-state index contributed by atoms with van der Waals surface area (Å²) in [6.45, 7) is 0. The molecule has 2 rings (SSSR count). The Balaban J connectivity index is 2.15. The number of carbonyl (C=O) groups is 1. The maximum atomic E-state index is 11.7. The molecule has 0 bridgehead atoms. The van der Waals surface area contributed by atoms with Crippen molar-refractivity contribution in [1.29, 1.82) is 0 Å². The molecule has 0 atom stereocenters. The number of carbonyl (C=O) groups excluding carboxylic acids is 1. The van der Waals surface area contributed by atoms with Crippen LogP contribution in [0.1, 0.15) is 10.5 Å². The molecule has 0 fully saturated rings. The van der Waals surface area contributed by atoms with Crippen LogP contribution in [0.4, 0.5) is 0 Å². The molecule has 0 aliphatic carbocycles. The molecule has 1 heterocycles. The highest BCUT2D eigenvalue weighted by Crippen LogP contribution is 2.13. The number of pyridine rings is 1. The quantitative estimate of drug-likeness (QED) is 0.626. The number of nitrogens with zero attached hydrogens (tertiary/aromatic N) is 1. The van der Waals surface area contributed by atoms with Crippen LogP contribution in [-0.2, 0) is 0 Å². The highest BCUT2D eigenvalue weighted by Gasteiger charge is 2.09. The highest BCUT2D eigenvalue weighted by atomic mass is 79.9. The third-order valence-electron chi connectivity index (χ3n) is 1.88. The van der Waals surface area contributed by atoms with E-state index in [2.05, 4.69) is 20.9 Å². The maximum Gasteiger partial charge on any atom is 0.362 e. The van der Waals surface area contributed by atoms with Crippen LogP contribution in [0.5, 0.6) is 5.75 Å².